The molecular weight excluding hydrogens is 224 g/mol. The number of carbonyl (C=O) groups excluding carboxylic acids is 1. The lowest BCUT2D eigenvalue weighted by atomic mass is 10.1. The van der Waals surface area contributed by atoms with Gasteiger partial charge in [0.1, 0.15) is 5.75 Å². The minimum absolute atomic E-state index is 0.0183. The van der Waals surface area contributed by atoms with Gasteiger partial charge in [-0.25, -0.2) is 0 Å². The van der Waals surface area contributed by atoms with E-state index in [1.165, 1.54) is 0 Å². The average molecular weight is 236 g/mol. The molecule has 88 valence electrons. The molecule has 0 saturated heterocycles. The van der Waals surface area contributed by atoms with Crippen LogP contribution in [-0.4, -0.2) is 10.9 Å². The SMILES string of the molecule is O=C1/C(=C/c2ccccc2)Cc2ccc(O)cc21. The Labute approximate surface area is 105 Å². The molecule has 0 radical (unpaired) electrons. The topological polar surface area (TPSA) is 37.3 Å². The normalized spacial score (nSPS) is 16.0. The predicted octanol–water partition coefficient (Wildman–Crippen LogP) is 3.21. The molecule has 0 saturated carbocycles. The van der Waals surface area contributed by atoms with Gasteiger partial charge in [-0.2, -0.15) is 0 Å². The number of phenolic OH excluding ortho intramolecular Hbond substituents is 1. The van der Waals surface area contributed by atoms with Crippen molar-refractivity contribution in [2.24, 2.45) is 0 Å². The van der Waals surface area contributed by atoms with Gasteiger partial charge in [0.25, 0.3) is 0 Å². The Balaban J connectivity index is 2.00. The lowest BCUT2D eigenvalue weighted by Gasteiger charge is -1.96. The molecule has 0 bridgehead atoms. The lowest BCUT2D eigenvalue weighted by Crippen LogP contribution is -1.94. The van der Waals surface area contributed by atoms with Crippen LogP contribution >= 0.6 is 0 Å². The van der Waals surface area contributed by atoms with E-state index in [-0.39, 0.29) is 11.5 Å². The number of Topliss-reactive ketones (excluding diaryl/α,β-unsaturated/α-hetero) is 1. The lowest BCUT2D eigenvalue weighted by molar-refractivity contribution is 0.104. The number of hydrogen-bond donors (Lipinski definition) is 1. The van der Waals surface area contributed by atoms with E-state index in [0.29, 0.717) is 12.0 Å². The zero-order valence-corrected chi connectivity index (χ0v) is 9.76. The summed E-state index contributed by atoms with van der Waals surface area (Å²) in [5.41, 5.74) is 3.41. The molecular formula is C16H12O2. The fourth-order valence-electron chi connectivity index (χ4n) is 2.26. The van der Waals surface area contributed by atoms with Crippen LogP contribution in [0.15, 0.2) is 54.1 Å². The zero-order chi connectivity index (χ0) is 12.5. The second kappa shape index (κ2) is 4.15. The summed E-state index contributed by atoms with van der Waals surface area (Å²) in [5, 5.41) is 9.42. The van der Waals surface area contributed by atoms with E-state index in [0.717, 1.165) is 16.7 Å². The van der Waals surface area contributed by atoms with Crippen molar-refractivity contribution < 1.29 is 9.90 Å². The predicted molar refractivity (Wildman–Crippen MR) is 70.6 cm³/mol. The molecule has 1 aliphatic carbocycles. The molecule has 1 N–H and O–H groups in total. The van der Waals surface area contributed by atoms with E-state index in [2.05, 4.69) is 0 Å². The van der Waals surface area contributed by atoms with Crippen molar-refractivity contribution in [2.45, 2.75) is 6.42 Å². The summed E-state index contributed by atoms with van der Waals surface area (Å²) in [4.78, 5) is 12.2. The van der Waals surface area contributed by atoms with E-state index >= 15 is 0 Å². The number of phenols is 1. The van der Waals surface area contributed by atoms with Gasteiger partial charge in [0.2, 0.25) is 0 Å². The molecule has 0 fully saturated rings. The Kier molecular flexibility index (Phi) is 2.49. The third-order valence-electron chi connectivity index (χ3n) is 3.15. The second-order valence-electron chi connectivity index (χ2n) is 4.43. The molecule has 0 aliphatic heterocycles. The van der Waals surface area contributed by atoms with Gasteiger partial charge in [-0.3, -0.25) is 4.79 Å². The minimum atomic E-state index is 0.0183. The van der Waals surface area contributed by atoms with E-state index in [1.807, 2.05) is 42.5 Å². The van der Waals surface area contributed by atoms with E-state index in [4.69, 9.17) is 0 Å². The Bertz CT molecular complexity index is 639. The van der Waals surface area contributed by atoms with Crippen molar-refractivity contribution in [3.63, 3.8) is 0 Å². The van der Waals surface area contributed by atoms with Crippen LogP contribution in [0, 0.1) is 0 Å². The van der Waals surface area contributed by atoms with Crippen LogP contribution in [0.2, 0.25) is 0 Å². The van der Waals surface area contributed by atoms with Crippen molar-refractivity contribution in [3.8, 4) is 5.75 Å². The fourth-order valence-corrected chi connectivity index (χ4v) is 2.26. The van der Waals surface area contributed by atoms with E-state index < -0.39 is 0 Å². The first-order valence-corrected chi connectivity index (χ1v) is 5.86. The monoisotopic (exact) mass is 236 g/mol. The van der Waals surface area contributed by atoms with Gasteiger partial charge in [-0.05, 0) is 29.3 Å². The summed E-state index contributed by atoms with van der Waals surface area (Å²) >= 11 is 0. The summed E-state index contributed by atoms with van der Waals surface area (Å²) in [6.07, 6.45) is 2.56. The number of aromatic hydroxyl groups is 1. The van der Waals surface area contributed by atoms with Crippen LogP contribution < -0.4 is 0 Å². The number of allylic oxidation sites excluding steroid dienone is 1. The van der Waals surface area contributed by atoms with E-state index in [9.17, 15) is 9.90 Å². The first-order valence-electron chi connectivity index (χ1n) is 5.86. The highest BCUT2D eigenvalue weighted by Gasteiger charge is 2.24. The molecule has 0 atom stereocenters. The molecule has 0 aromatic heterocycles. The number of ketones is 1. The van der Waals surface area contributed by atoms with Gasteiger partial charge in [0, 0.05) is 17.6 Å². The highest BCUT2D eigenvalue weighted by atomic mass is 16.3. The maximum absolute atomic E-state index is 12.2. The number of carbonyl (C=O) groups is 1. The average Bonchev–Trinajstić information content (AvgIpc) is 2.68. The van der Waals surface area contributed by atoms with Crippen molar-refractivity contribution in [3.05, 3.63) is 70.8 Å². The summed E-state index contributed by atoms with van der Waals surface area (Å²) in [5.74, 6) is 0.160. The Morgan fingerprint density at radius 2 is 1.83 bits per heavy atom. The number of rotatable bonds is 1. The molecule has 2 aromatic rings. The number of fused-ring (bicyclic) bond motifs is 1. The molecule has 0 spiro atoms. The van der Waals surface area contributed by atoms with Crippen LogP contribution in [0.4, 0.5) is 0 Å². The largest absolute Gasteiger partial charge is 0.508 e. The van der Waals surface area contributed by atoms with Crippen LogP contribution in [0.1, 0.15) is 21.5 Å². The van der Waals surface area contributed by atoms with Crippen LogP contribution in [0.5, 0.6) is 5.75 Å². The van der Waals surface area contributed by atoms with Gasteiger partial charge in [-0.15, -0.1) is 0 Å². The molecule has 0 unspecified atom stereocenters. The van der Waals surface area contributed by atoms with E-state index in [1.54, 1.807) is 12.1 Å². The van der Waals surface area contributed by atoms with Crippen LogP contribution in [0.3, 0.4) is 0 Å². The number of benzene rings is 2. The van der Waals surface area contributed by atoms with Crippen molar-refractivity contribution in [1.29, 1.82) is 0 Å². The third-order valence-corrected chi connectivity index (χ3v) is 3.15. The quantitative estimate of drug-likeness (QED) is 0.772. The van der Waals surface area contributed by atoms with Crippen LogP contribution in [-0.2, 0) is 6.42 Å². The molecule has 0 heterocycles. The van der Waals surface area contributed by atoms with Crippen molar-refractivity contribution in [2.75, 3.05) is 0 Å². The molecule has 2 nitrogen and oxygen atoms in total. The minimum Gasteiger partial charge on any atom is -0.508 e. The van der Waals surface area contributed by atoms with Crippen molar-refractivity contribution >= 4 is 11.9 Å². The molecule has 0 amide bonds. The fraction of sp³-hybridized carbons (Fsp3) is 0.0625. The van der Waals surface area contributed by atoms with Gasteiger partial charge >= 0.3 is 0 Å². The maximum atomic E-state index is 12.2. The summed E-state index contributed by atoms with van der Waals surface area (Å²) in [6, 6.07) is 14.8. The zero-order valence-electron chi connectivity index (χ0n) is 9.76. The molecule has 18 heavy (non-hydrogen) atoms. The molecule has 2 aromatic carbocycles. The van der Waals surface area contributed by atoms with Gasteiger partial charge < -0.3 is 5.11 Å². The summed E-state index contributed by atoms with van der Waals surface area (Å²) in [6.45, 7) is 0. The van der Waals surface area contributed by atoms with Gasteiger partial charge in [0.15, 0.2) is 5.78 Å². The third kappa shape index (κ3) is 1.82. The molecule has 1 aliphatic rings. The molecule has 2 heteroatoms. The number of hydrogen-bond acceptors (Lipinski definition) is 2. The molecule has 3 rings (SSSR count). The van der Waals surface area contributed by atoms with Crippen molar-refractivity contribution in [1.82, 2.24) is 0 Å². The Hall–Kier alpha value is -2.35. The first kappa shape index (κ1) is 10.8. The standard InChI is InChI=1S/C16H12O2/c17-14-7-6-12-9-13(16(18)15(12)10-14)8-11-4-2-1-3-5-11/h1-8,10,17H,9H2/b13-8+. The highest BCUT2D eigenvalue weighted by molar-refractivity contribution is 6.15. The first-order chi connectivity index (χ1) is 8.74. The van der Waals surface area contributed by atoms with Crippen LogP contribution in [0.25, 0.3) is 6.08 Å². The highest BCUT2D eigenvalue weighted by Crippen LogP contribution is 2.30. The summed E-state index contributed by atoms with van der Waals surface area (Å²) in [7, 11) is 0. The Morgan fingerprint density at radius 1 is 1.06 bits per heavy atom. The Morgan fingerprint density at radius 3 is 2.61 bits per heavy atom. The second-order valence-corrected chi connectivity index (χ2v) is 4.43. The van der Waals surface area contributed by atoms with Gasteiger partial charge in [-0.1, -0.05) is 36.4 Å². The summed E-state index contributed by atoms with van der Waals surface area (Å²) < 4.78 is 0. The van der Waals surface area contributed by atoms with Gasteiger partial charge in [0.05, 0.1) is 0 Å². The smallest absolute Gasteiger partial charge is 0.189 e. The maximum Gasteiger partial charge on any atom is 0.189 e.